The van der Waals surface area contributed by atoms with Gasteiger partial charge in [-0.25, -0.2) is 4.98 Å². The Balaban J connectivity index is 2.03. The van der Waals surface area contributed by atoms with Gasteiger partial charge in [-0.3, -0.25) is 0 Å². The molecule has 0 amide bonds. The molecule has 1 aromatic rings. The Bertz CT molecular complexity index is 392. The molecule has 1 saturated heterocycles. The zero-order chi connectivity index (χ0) is 14.2. The molecule has 2 heterocycles. The van der Waals surface area contributed by atoms with E-state index in [0.717, 1.165) is 25.6 Å². The van der Waals surface area contributed by atoms with Crippen LogP contribution >= 0.6 is 0 Å². The number of rotatable bonds is 6. The number of nitrogens with zero attached hydrogens (tertiary/aromatic N) is 2. The minimum absolute atomic E-state index is 0.922. The summed E-state index contributed by atoms with van der Waals surface area (Å²) in [7, 11) is 0. The molecule has 3 nitrogen and oxygen atoms in total. The van der Waals surface area contributed by atoms with Crippen molar-refractivity contribution in [3.63, 3.8) is 0 Å². The van der Waals surface area contributed by atoms with Gasteiger partial charge < -0.3 is 10.2 Å². The summed E-state index contributed by atoms with van der Waals surface area (Å²) in [5, 5.41) is 3.42. The Hall–Kier alpha value is -1.09. The fourth-order valence-corrected chi connectivity index (χ4v) is 3.19. The average Bonchev–Trinajstić information content (AvgIpc) is 2.71. The smallest absolute Gasteiger partial charge is 0.133 e. The van der Waals surface area contributed by atoms with Crippen LogP contribution in [0.4, 0.5) is 5.82 Å². The van der Waals surface area contributed by atoms with E-state index in [9.17, 15) is 0 Å². The highest BCUT2D eigenvalue weighted by atomic mass is 15.2. The van der Waals surface area contributed by atoms with E-state index in [1.165, 1.54) is 50.0 Å². The molecule has 20 heavy (non-hydrogen) atoms. The van der Waals surface area contributed by atoms with Gasteiger partial charge in [0.05, 0.1) is 0 Å². The first-order valence-corrected chi connectivity index (χ1v) is 8.24. The van der Waals surface area contributed by atoms with Gasteiger partial charge in [0, 0.05) is 31.4 Å². The van der Waals surface area contributed by atoms with E-state index in [1.807, 2.05) is 12.3 Å². The highest BCUT2D eigenvalue weighted by Gasteiger charge is 2.19. The largest absolute Gasteiger partial charge is 0.356 e. The van der Waals surface area contributed by atoms with Crippen LogP contribution in [0.15, 0.2) is 18.3 Å². The van der Waals surface area contributed by atoms with E-state index in [-0.39, 0.29) is 0 Å². The van der Waals surface area contributed by atoms with Crippen molar-refractivity contribution in [1.29, 1.82) is 0 Å². The van der Waals surface area contributed by atoms with Gasteiger partial charge in [-0.1, -0.05) is 32.8 Å². The SMILES string of the molecule is CCCC1CCCN(c2ncccc2CNCC)CC1. The van der Waals surface area contributed by atoms with E-state index in [0.29, 0.717) is 0 Å². The molecule has 1 fully saturated rings. The third-order valence-electron chi connectivity index (χ3n) is 4.28. The van der Waals surface area contributed by atoms with Gasteiger partial charge in [0.15, 0.2) is 0 Å². The first kappa shape index (κ1) is 15.3. The molecule has 3 heteroatoms. The minimum atomic E-state index is 0.922. The summed E-state index contributed by atoms with van der Waals surface area (Å²) in [6.45, 7) is 8.71. The maximum Gasteiger partial charge on any atom is 0.133 e. The Morgan fingerprint density at radius 2 is 2.20 bits per heavy atom. The van der Waals surface area contributed by atoms with Crippen LogP contribution in [0.2, 0.25) is 0 Å². The Kier molecular flexibility index (Phi) is 6.31. The van der Waals surface area contributed by atoms with Gasteiger partial charge in [-0.05, 0) is 37.8 Å². The first-order valence-electron chi connectivity index (χ1n) is 8.24. The average molecular weight is 275 g/mol. The summed E-state index contributed by atoms with van der Waals surface area (Å²) in [5.74, 6) is 2.12. The maximum atomic E-state index is 4.65. The zero-order valence-electron chi connectivity index (χ0n) is 13.1. The lowest BCUT2D eigenvalue weighted by Gasteiger charge is -2.24. The van der Waals surface area contributed by atoms with E-state index < -0.39 is 0 Å². The highest BCUT2D eigenvalue weighted by Crippen LogP contribution is 2.26. The summed E-state index contributed by atoms with van der Waals surface area (Å²) in [4.78, 5) is 7.16. The highest BCUT2D eigenvalue weighted by molar-refractivity contribution is 5.46. The molecule has 0 aliphatic carbocycles. The summed E-state index contributed by atoms with van der Waals surface area (Å²) in [6, 6.07) is 4.26. The van der Waals surface area contributed by atoms with E-state index in [1.54, 1.807) is 0 Å². The fourth-order valence-electron chi connectivity index (χ4n) is 3.19. The lowest BCUT2D eigenvalue weighted by Crippen LogP contribution is -2.27. The summed E-state index contributed by atoms with van der Waals surface area (Å²) < 4.78 is 0. The molecule has 1 unspecified atom stereocenters. The molecule has 0 bridgehead atoms. The van der Waals surface area contributed by atoms with Gasteiger partial charge in [0.1, 0.15) is 5.82 Å². The van der Waals surface area contributed by atoms with Gasteiger partial charge in [0.2, 0.25) is 0 Å². The van der Waals surface area contributed by atoms with Crippen molar-refractivity contribution >= 4 is 5.82 Å². The number of hydrogen-bond acceptors (Lipinski definition) is 3. The van der Waals surface area contributed by atoms with Crippen molar-refractivity contribution < 1.29 is 0 Å². The Labute approximate surface area is 123 Å². The van der Waals surface area contributed by atoms with Gasteiger partial charge in [0.25, 0.3) is 0 Å². The van der Waals surface area contributed by atoms with Crippen LogP contribution in [0.3, 0.4) is 0 Å². The first-order chi connectivity index (χ1) is 9.85. The quantitative estimate of drug-likeness (QED) is 0.860. The molecule has 0 spiro atoms. The molecule has 1 N–H and O–H groups in total. The molecular formula is C17H29N3. The molecule has 1 aliphatic rings. The summed E-state index contributed by atoms with van der Waals surface area (Å²) in [5.41, 5.74) is 1.34. The second-order valence-electron chi connectivity index (χ2n) is 5.84. The molecule has 0 aromatic carbocycles. The maximum absolute atomic E-state index is 4.65. The number of nitrogens with one attached hydrogen (secondary N) is 1. The normalized spacial score (nSPS) is 19.9. The molecule has 1 aromatic heterocycles. The predicted octanol–water partition coefficient (Wildman–Crippen LogP) is 3.60. The molecule has 112 valence electrons. The standard InChI is InChI=1S/C17H29N3/c1-3-7-15-8-6-12-20(13-10-15)17-16(14-18-4-2)9-5-11-19-17/h5,9,11,15,18H,3-4,6-8,10,12-14H2,1-2H3. The molecule has 2 rings (SSSR count). The third-order valence-corrected chi connectivity index (χ3v) is 4.28. The van der Waals surface area contributed by atoms with Crippen molar-refractivity contribution in [2.75, 3.05) is 24.5 Å². The van der Waals surface area contributed by atoms with Gasteiger partial charge in [-0.15, -0.1) is 0 Å². The second kappa shape index (κ2) is 8.25. The van der Waals surface area contributed by atoms with E-state index >= 15 is 0 Å². The number of pyridine rings is 1. The molecule has 0 radical (unpaired) electrons. The number of aromatic nitrogens is 1. The van der Waals surface area contributed by atoms with Crippen LogP contribution in [0.25, 0.3) is 0 Å². The fraction of sp³-hybridized carbons (Fsp3) is 0.706. The molecule has 1 aliphatic heterocycles. The van der Waals surface area contributed by atoms with Crippen LogP contribution in [0, 0.1) is 5.92 Å². The van der Waals surface area contributed by atoms with Crippen molar-refractivity contribution in [3.05, 3.63) is 23.9 Å². The molecule has 0 saturated carbocycles. The Morgan fingerprint density at radius 3 is 3.00 bits per heavy atom. The number of anilines is 1. The van der Waals surface area contributed by atoms with Crippen LogP contribution in [-0.4, -0.2) is 24.6 Å². The topological polar surface area (TPSA) is 28.2 Å². The monoisotopic (exact) mass is 275 g/mol. The van der Waals surface area contributed by atoms with Crippen LogP contribution in [0.1, 0.15) is 51.5 Å². The van der Waals surface area contributed by atoms with Gasteiger partial charge >= 0.3 is 0 Å². The summed E-state index contributed by atoms with van der Waals surface area (Å²) >= 11 is 0. The van der Waals surface area contributed by atoms with Crippen molar-refractivity contribution in [2.24, 2.45) is 5.92 Å². The van der Waals surface area contributed by atoms with E-state index in [4.69, 9.17) is 0 Å². The lowest BCUT2D eigenvalue weighted by atomic mass is 9.96. The van der Waals surface area contributed by atoms with Crippen molar-refractivity contribution in [2.45, 2.75) is 52.5 Å². The van der Waals surface area contributed by atoms with Crippen molar-refractivity contribution in [1.82, 2.24) is 10.3 Å². The zero-order valence-corrected chi connectivity index (χ0v) is 13.1. The number of hydrogen-bond donors (Lipinski definition) is 1. The van der Waals surface area contributed by atoms with Crippen LogP contribution < -0.4 is 10.2 Å². The summed E-state index contributed by atoms with van der Waals surface area (Å²) in [6.07, 6.45) is 8.66. The molecular weight excluding hydrogens is 246 g/mol. The van der Waals surface area contributed by atoms with Crippen molar-refractivity contribution in [3.8, 4) is 0 Å². The molecule has 1 atom stereocenters. The van der Waals surface area contributed by atoms with Crippen LogP contribution in [0.5, 0.6) is 0 Å². The van der Waals surface area contributed by atoms with E-state index in [2.05, 4.69) is 35.1 Å². The van der Waals surface area contributed by atoms with Gasteiger partial charge in [-0.2, -0.15) is 0 Å². The second-order valence-corrected chi connectivity index (χ2v) is 5.84. The predicted molar refractivity (Wildman–Crippen MR) is 86.1 cm³/mol. The lowest BCUT2D eigenvalue weighted by molar-refractivity contribution is 0.435. The minimum Gasteiger partial charge on any atom is -0.356 e. The Morgan fingerprint density at radius 1 is 1.30 bits per heavy atom. The van der Waals surface area contributed by atoms with Crippen LogP contribution in [-0.2, 0) is 6.54 Å². The third kappa shape index (κ3) is 4.20.